The highest BCUT2D eigenvalue weighted by atomic mass is 32.2. The first-order valence-corrected chi connectivity index (χ1v) is 11.8. The second-order valence-corrected chi connectivity index (χ2v) is 9.47. The van der Waals surface area contributed by atoms with Gasteiger partial charge in [-0.05, 0) is 66.9 Å². The van der Waals surface area contributed by atoms with Crippen LogP contribution in [0.2, 0.25) is 0 Å². The number of sulfonamides is 1. The van der Waals surface area contributed by atoms with Gasteiger partial charge in [-0.2, -0.15) is 13.2 Å². The number of nitrogens with one attached hydrogen (secondary N) is 2. The summed E-state index contributed by atoms with van der Waals surface area (Å²) in [5.74, 6) is -2.66. The van der Waals surface area contributed by atoms with Crippen LogP contribution < -0.4 is 10.0 Å². The van der Waals surface area contributed by atoms with Crippen LogP contribution in [0.15, 0.2) is 76.2 Å². The molecule has 1 amide bonds. The Morgan fingerprint density at radius 2 is 1.58 bits per heavy atom. The summed E-state index contributed by atoms with van der Waals surface area (Å²) in [5, 5.41) is 10.0. The molecule has 13 heteroatoms. The molecule has 3 N–H and O–H groups in total. The molecule has 1 heterocycles. The van der Waals surface area contributed by atoms with E-state index in [0.717, 1.165) is 30.5 Å². The lowest BCUT2D eigenvalue weighted by Crippen LogP contribution is -2.34. The van der Waals surface area contributed by atoms with Crippen molar-refractivity contribution in [3.05, 3.63) is 84.1 Å². The Balaban J connectivity index is 0.000000454. The molecular formula is C23H20F4N2O6S. The molecule has 4 rings (SSSR count). The van der Waals surface area contributed by atoms with Gasteiger partial charge in [-0.3, -0.25) is 9.52 Å². The molecule has 1 aromatic heterocycles. The van der Waals surface area contributed by atoms with E-state index in [9.17, 15) is 30.8 Å². The topological polar surface area (TPSA) is 126 Å². The zero-order chi connectivity index (χ0) is 26.6. The van der Waals surface area contributed by atoms with Crippen molar-refractivity contribution >= 4 is 27.6 Å². The molecule has 1 aliphatic rings. The molecule has 0 radical (unpaired) electrons. The fraction of sp³-hybridized carbons (Fsp3) is 0.217. The highest BCUT2D eigenvalue weighted by Gasteiger charge is 2.51. The molecule has 0 atom stereocenters. The first kappa shape index (κ1) is 26.7. The number of carboxylic acid groups (broad SMARTS) is 1. The lowest BCUT2D eigenvalue weighted by molar-refractivity contribution is -0.192. The van der Waals surface area contributed by atoms with Crippen LogP contribution in [0.25, 0.3) is 0 Å². The maximum absolute atomic E-state index is 13.0. The van der Waals surface area contributed by atoms with E-state index >= 15 is 0 Å². The maximum atomic E-state index is 13.0. The third-order valence-corrected chi connectivity index (χ3v) is 6.64. The molecular weight excluding hydrogens is 508 g/mol. The lowest BCUT2D eigenvalue weighted by Gasteiger charge is -2.16. The van der Waals surface area contributed by atoms with Crippen molar-refractivity contribution in [1.82, 2.24) is 5.32 Å². The summed E-state index contributed by atoms with van der Waals surface area (Å²) in [6.45, 7) is 0.323. The van der Waals surface area contributed by atoms with Gasteiger partial charge in [-0.25, -0.2) is 17.6 Å². The molecule has 8 nitrogen and oxygen atoms in total. The maximum Gasteiger partial charge on any atom is 0.490 e. The third-order valence-electron chi connectivity index (χ3n) is 5.24. The smallest absolute Gasteiger partial charge is 0.475 e. The number of halogens is 4. The van der Waals surface area contributed by atoms with Gasteiger partial charge in [0.1, 0.15) is 11.6 Å². The van der Waals surface area contributed by atoms with Crippen LogP contribution in [0.1, 0.15) is 24.2 Å². The van der Waals surface area contributed by atoms with Crippen LogP contribution >= 0.6 is 0 Å². The third kappa shape index (κ3) is 6.62. The van der Waals surface area contributed by atoms with Crippen molar-refractivity contribution in [1.29, 1.82) is 0 Å². The molecule has 0 aliphatic heterocycles. The number of alkyl halides is 3. The van der Waals surface area contributed by atoms with Gasteiger partial charge >= 0.3 is 12.1 Å². The normalized spacial score (nSPS) is 14.2. The summed E-state index contributed by atoms with van der Waals surface area (Å²) in [6.07, 6.45) is -2.06. The van der Waals surface area contributed by atoms with E-state index < -0.39 is 33.4 Å². The number of hydrogen-bond acceptors (Lipinski definition) is 5. The zero-order valence-corrected chi connectivity index (χ0v) is 19.2. The predicted octanol–water partition coefficient (Wildman–Crippen LogP) is 4.20. The van der Waals surface area contributed by atoms with Gasteiger partial charge in [0.25, 0.3) is 10.0 Å². The van der Waals surface area contributed by atoms with E-state index in [-0.39, 0.29) is 10.8 Å². The largest absolute Gasteiger partial charge is 0.490 e. The van der Waals surface area contributed by atoms with Crippen molar-refractivity contribution in [3.8, 4) is 0 Å². The summed E-state index contributed by atoms with van der Waals surface area (Å²) < 4.78 is 77.2. The van der Waals surface area contributed by atoms with Crippen LogP contribution in [-0.2, 0) is 31.6 Å². The highest BCUT2D eigenvalue weighted by molar-refractivity contribution is 7.92. The quantitative estimate of drug-likeness (QED) is 0.395. The molecule has 1 saturated carbocycles. The van der Waals surface area contributed by atoms with E-state index in [2.05, 4.69) is 10.0 Å². The molecule has 192 valence electrons. The monoisotopic (exact) mass is 528 g/mol. The van der Waals surface area contributed by atoms with Gasteiger partial charge < -0.3 is 14.8 Å². The van der Waals surface area contributed by atoms with Crippen LogP contribution in [0.5, 0.6) is 0 Å². The second-order valence-electron chi connectivity index (χ2n) is 7.78. The molecule has 36 heavy (non-hydrogen) atoms. The van der Waals surface area contributed by atoms with Crippen LogP contribution in [0, 0.1) is 5.82 Å². The number of carbonyl (C=O) groups excluding carboxylic acids is 1. The Morgan fingerprint density at radius 3 is 2.06 bits per heavy atom. The Hall–Kier alpha value is -3.87. The summed E-state index contributed by atoms with van der Waals surface area (Å²) in [5.41, 5.74) is 0.616. The van der Waals surface area contributed by atoms with Gasteiger partial charge in [0, 0.05) is 5.69 Å². The first-order chi connectivity index (χ1) is 16.8. The zero-order valence-electron chi connectivity index (χ0n) is 18.4. The van der Waals surface area contributed by atoms with Crippen molar-refractivity contribution < 1.29 is 45.1 Å². The number of anilines is 1. The van der Waals surface area contributed by atoms with Crippen molar-refractivity contribution in [2.75, 3.05) is 4.72 Å². The van der Waals surface area contributed by atoms with Crippen LogP contribution in [0.4, 0.5) is 23.2 Å². The van der Waals surface area contributed by atoms with E-state index in [0.29, 0.717) is 18.0 Å². The highest BCUT2D eigenvalue weighted by Crippen LogP contribution is 2.48. The number of rotatable bonds is 7. The number of hydrogen-bond donors (Lipinski definition) is 3. The average Bonchev–Trinajstić information content (AvgIpc) is 3.46. The van der Waals surface area contributed by atoms with Gasteiger partial charge in [-0.15, -0.1) is 0 Å². The Bertz CT molecular complexity index is 1300. The van der Waals surface area contributed by atoms with Crippen LogP contribution in [0.3, 0.4) is 0 Å². The minimum absolute atomic E-state index is 0.0288. The molecule has 1 aliphatic carbocycles. The second kappa shape index (κ2) is 10.4. The average molecular weight is 528 g/mol. The summed E-state index contributed by atoms with van der Waals surface area (Å²) in [4.78, 5) is 21.5. The van der Waals surface area contributed by atoms with Crippen molar-refractivity contribution in [2.45, 2.75) is 35.9 Å². The Morgan fingerprint density at radius 1 is 1.00 bits per heavy atom. The number of benzene rings is 2. The first-order valence-electron chi connectivity index (χ1n) is 10.3. The number of furan rings is 1. The number of amides is 1. The van der Waals surface area contributed by atoms with Gasteiger partial charge in [0.2, 0.25) is 5.91 Å². The SMILES string of the molecule is O=C(NCc1ccco1)C1(c2ccc(NS(=O)(=O)c3ccc(F)cc3)cc2)CC1.O=C(O)C(F)(F)F. The molecule has 2 aromatic carbocycles. The van der Waals surface area contributed by atoms with Crippen molar-refractivity contribution in [3.63, 3.8) is 0 Å². The summed E-state index contributed by atoms with van der Waals surface area (Å²) >= 11 is 0. The fourth-order valence-corrected chi connectivity index (χ4v) is 4.27. The van der Waals surface area contributed by atoms with E-state index in [1.807, 2.05) is 0 Å². The molecule has 3 aromatic rings. The van der Waals surface area contributed by atoms with E-state index in [4.69, 9.17) is 14.3 Å². The number of carbonyl (C=O) groups is 2. The van der Waals surface area contributed by atoms with Gasteiger partial charge in [0.15, 0.2) is 0 Å². The molecule has 0 unspecified atom stereocenters. The van der Waals surface area contributed by atoms with E-state index in [1.165, 1.54) is 12.1 Å². The van der Waals surface area contributed by atoms with E-state index in [1.54, 1.807) is 42.7 Å². The number of aliphatic carboxylic acids is 1. The summed E-state index contributed by atoms with van der Waals surface area (Å²) in [7, 11) is -3.82. The fourth-order valence-electron chi connectivity index (χ4n) is 3.21. The predicted molar refractivity (Wildman–Crippen MR) is 119 cm³/mol. The Kier molecular flexibility index (Phi) is 7.72. The van der Waals surface area contributed by atoms with Crippen LogP contribution in [-0.4, -0.2) is 31.6 Å². The van der Waals surface area contributed by atoms with Gasteiger partial charge in [0.05, 0.1) is 23.1 Å². The molecule has 0 spiro atoms. The minimum Gasteiger partial charge on any atom is -0.475 e. The lowest BCUT2D eigenvalue weighted by atomic mass is 9.95. The van der Waals surface area contributed by atoms with Gasteiger partial charge in [-0.1, -0.05) is 12.1 Å². The standard InChI is InChI=1S/C21H19FN2O4S.C2HF3O2/c22-16-5-9-19(10-6-16)29(26,27)24-17-7-3-15(4-8-17)21(11-12-21)20(25)23-14-18-2-1-13-28-18;3-2(4,5)1(6)7/h1-10,13,24H,11-12,14H2,(H,23,25);(H,6,7). The van der Waals surface area contributed by atoms with Crippen molar-refractivity contribution in [2.24, 2.45) is 0 Å². The number of carboxylic acids is 1. The minimum atomic E-state index is -5.08. The molecule has 0 bridgehead atoms. The summed E-state index contributed by atoms with van der Waals surface area (Å²) in [6, 6.07) is 14.9. The molecule has 0 saturated heterocycles. The Labute approximate surface area is 203 Å². The molecule has 1 fully saturated rings.